The van der Waals surface area contributed by atoms with Crippen LogP contribution in [0.5, 0.6) is 0 Å². The average Bonchev–Trinajstić information content (AvgIpc) is 2.11. The molecule has 1 heterocycles. The summed E-state index contributed by atoms with van der Waals surface area (Å²) in [6.45, 7) is 7.48. The highest BCUT2D eigenvalue weighted by molar-refractivity contribution is 7.90. The van der Waals surface area contributed by atoms with Crippen molar-refractivity contribution < 1.29 is 8.42 Å². The number of piperidine rings is 1. The fourth-order valence-corrected chi connectivity index (χ4v) is 3.65. The molecule has 1 saturated heterocycles. The molecule has 1 aliphatic rings. The van der Waals surface area contributed by atoms with Gasteiger partial charge in [0.25, 0.3) is 0 Å². The van der Waals surface area contributed by atoms with Crippen molar-refractivity contribution in [2.45, 2.75) is 45.3 Å². The first kappa shape index (κ1) is 14.9. The molecule has 1 N–H and O–H groups in total. The zero-order valence-electron chi connectivity index (χ0n) is 11.6. The lowest BCUT2D eigenvalue weighted by molar-refractivity contribution is 0.118. The molecule has 4 atom stereocenters. The van der Waals surface area contributed by atoms with Crippen LogP contribution in [0.15, 0.2) is 0 Å². The van der Waals surface area contributed by atoms with E-state index in [1.165, 1.54) is 6.26 Å². The minimum Gasteiger partial charge on any atom is -0.310 e. The smallest absolute Gasteiger partial charge is 0.148 e. The van der Waals surface area contributed by atoms with E-state index in [4.69, 9.17) is 0 Å². The van der Waals surface area contributed by atoms with Crippen molar-refractivity contribution in [1.82, 2.24) is 10.2 Å². The highest BCUT2D eigenvalue weighted by Gasteiger charge is 2.29. The normalized spacial score (nSPS) is 33.6. The lowest BCUT2D eigenvalue weighted by Crippen LogP contribution is -2.53. The van der Waals surface area contributed by atoms with E-state index >= 15 is 0 Å². The van der Waals surface area contributed by atoms with Crippen LogP contribution >= 0.6 is 0 Å². The molecular formula is C12H26N2O2S. The quantitative estimate of drug-likeness (QED) is 0.812. The van der Waals surface area contributed by atoms with Crippen molar-refractivity contribution in [2.24, 2.45) is 5.92 Å². The Balaban J connectivity index is 2.51. The molecule has 1 fully saturated rings. The molecule has 102 valence electrons. The minimum absolute atomic E-state index is 0.0352. The van der Waals surface area contributed by atoms with Gasteiger partial charge in [0.05, 0.1) is 5.75 Å². The molecule has 0 aromatic heterocycles. The van der Waals surface area contributed by atoms with Crippen LogP contribution < -0.4 is 5.32 Å². The predicted molar refractivity (Wildman–Crippen MR) is 72.0 cm³/mol. The standard InChI is InChI=1S/C12H26N2O2S/c1-9-7-14(4)11(3)6-12(9)13-10(2)8-17(5,15)16/h9-13H,6-8H2,1-5H3. The first-order valence-electron chi connectivity index (χ1n) is 6.33. The highest BCUT2D eigenvalue weighted by atomic mass is 32.2. The Morgan fingerprint density at radius 3 is 2.53 bits per heavy atom. The van der Waals surface area contributed by atoms with E-state index in [0.717, 1.165) is 13.0 Å². The van der Waals surface area contributed by atoms with Crippen molar-refractivity contribution in [1.29, 1.82) is 0 Å². The molecule has 0 bridgehead atoms. The van der Waals surface area contributed by atoms with Crippen LogP contribution in [-0.2, 0) is 9.84 Å². The molecule has 0 amide bonds. The van der Waals surface area contributed by atoms with Gasteiger partial charge in [0.2, 0.25) is 0 Å². The van der Waals surface area contributed by atoms with Crippen molar-refractivity contribution in [3.8, 4) is 0 Å². The van der Waals surface area contributed by atoms with E-state index in [1.807, 2.05) is 6.92 Å². The fraction of sp³-hybridized carbons (Fsp3) is 1.00. The van der Waals surface area contributed by atoms with Crippen molar-refractivity contribution >= 4 is 9.84 Å². The van der Waals surface area contributed by atoms with Crippen molar-refractivity contribution in [3.63, 3.8) is 0 Å². The summed E-state index contributed by atoms with van der Waals surface area (Å²) in [7, 11) is -0.739. The molecule has 0 aliphatic carbocycles. The topological polar surface area (TPSA) is 49.4 Å². The Kier molecular flexibility index (Phi) is 4.98. The molecule has 17 heavy (non-hydrogen) atoms. The molecule has 4 nitrogen and oxygen atoms in total. The van der Waals surface area contributed by atoms with Gasteiger partial charge < -0.3 is 10.2 Å². The van der Waals surface area contributed by atoms with Gasteiger partial charge in [0.1, 0.15) is 9.84 Å². The summed E-state index contributed by atoms with van der Waals surface area (Å²) in [4.78, 5) is 2.37. The molecule has 0 aromatic rings. The number of likely N-dealkylation sites (tertiary alicyclic amines) is 1. The predicted octanol–water partition coefficient (Wildman–Crippen LogP) is 0.738. The maximum absolute atomic E-state index is 11.2. The molecule has 5 heteroatoms. The van der Waals surface area contributed by atoms with Crippen LogP contribution in [0.25, 0.3) is 0 Å². The SMILES string of the molecule is CC(CS(C)(=O)=O)NC1CC(C)N(C)CC1C. The molecule has 4 unspecified atom stereocenters. The molecule has 1 aliphatic heterocycles. The van der Waals surface area contributed by atoms with Crippen molar-refractivity contribution in [2.75, 3.05) is 25.6 Å². The van der Waals surface area contributed by atoms with Gasteiger partial charge >= 0.3 is 0 Å². The summed E-state index contributed by atoms with van der Waals surface area (Å²) < 4.78 is 22.5. The van der Waals surface area contributed by atoms with E-state index < -0.39 is 9.84 Å². The molecule has 0 radical (unpaired) electrons. The van der Waals surface area contributed by atoms with Crippen molar-refractivity contribution in [3.05, 3.63) is 0 Å². The van der Waals surface area contributed by atoms with Gasteiger partial charge in [-0.2, -0.15) is 0 Å². The largest absolute Gasteiger partial charge is 0.310 e. The van der Waals surface area contributed by atoms with Gasteiger partial charge in [0, 0.05) is 30.9 Å². The van der Waals surface area contributed by atoms with Gasteiger partial charge in [-0.15, -0.1) is 0 Å². The lowest BCUT2D eigenvalue weighted by Gasteiger charge is -2.41. The Hall–Kier alpha value is -0.130. The first-order valence-corrected chi connectivity index (χ1v) is 8.39. The second-order valence-electron chi connectivity index (χ2n) is 5.77. The Morgan fingerprint density at radius 1 is 1.41 bits per heavy atom. The van der Waals surface area contributed by atoms with Gasteiger partial charge in [0.15, 0.2) is 0 Å². The molecule has 1 rings (SSSR count). The van der Waals surface area contributed by atoms with Crippen LogP contribution in [-0.4, -0.2) is 57.0 Å². The van der Waals surface area contributed by atoms with Crippen LogP contribution in [0.3, 0.4) is 0 Å². The monoisotopic (exact) mass is 262 g/mol. The number of hydrogen-bond acceptors (Lipinski definition) is 4. The van der Waals surface area contributed by atoms with Gasteiger partial charge in [-0.05, 0) is 33.2 Å². The molecule has 0 saturated carbocycles. The average molecular weight is 262 g/mol. The minimum atomic E-state index is -2.89. The number of nitrogens with zero attached hydrogens (tertiary/aromatic N) is 1. The zero-order valence-corrected chi connectivity index (χ0v) is 12.4. The summed E-state index contributed by atoms with van der Waals surface area (Å²) in [6, 6.07) is 1.03. The third-order valence-electron chi connectivity index (χ3n) is 3.66. The highest BCUT2D eigenvalue weighted by Crippen LogP contribution is 2.21. The van der Waals surface area contributed by atoms with Gasteiger partial charge in [-0.1, -0.05) is 6.92 Å². The summed E-state index contributed by atoms with van der Waals surface area (Å²) in [5, 5.41) is 3.47. The number of hydrogen-bond donors (Lipinski definition) is 1. The Morgan fingerprint density at radius 2 is 2.00 bits per heavy atom. The van der Waals surface area contributed by atoms with E-state index in [0.29, 0.717) is 18.0 Å². The first-order chi connectivity index (χ1) is 7.69. The second kappa shape index (κ2) is 5.67. The molecular weight excluding hydrogens is 236 g/mol. The van der Waals surface area contributed by atoms with E-state index in [-0.39, 0.29) is 11.8 Å². The number of rotatable bonds is 4. The fourth-order valence-electron chi connectivity index (χ4n) is 2.64. The number of sulfone groups is 1. The van der Waals surface area contributed by atoms with Crippen LogP contribution in [0.4, 0.5) is 0 Å². The van der Waals surface area contributed by atoms with Gasteiger partial charge in [-0.3, -0.25) is 0 Å². The Bertz CT molecular complexity index is 342. The maximum atomic E-state index is 11.2. The van der Waals surface area contributed by atoms with Crippen LogP contribution in [0.2, 0.25) is 0 Å². The molecule has 0 spiro atoms. The Labute approximate surface area is 106 Å². The summed E-state index contributed by atoms with van der Waals surface area (Å²) in [5.41, 5.74) is 0. The summed E-state index contributed by atoms with van der Waals surface area (Å²) in [5.74, 6) is 0.790. The molecule has 0 aromatic carbocycles. The lowest BCUT2D eigenvalue weighted by atomic mass is 9.89. The number of nitrogens with one attached hydrogen (secondary N) is 1. The third-order valence-corrected chi connectivity index (χ3v) is 4.77. The van der Waals surface area contributed by atoms with Gasteiger partial charge in [-0.25, -0.2) is 8.42 Å². The summed E-state index contributed by atoms with van der Waals surface area (Å²) >= 11 is 0. The maximum Gasteiger partial charge on any atom is 0.148 e. The second-order valence-corrected chi connectivity index (χ2v) is 7.95. The third kappa shape index (κ3) is 4.94. The summed E-state index contributed by atoms with van der Waals surface area (Å²) in [6.07, 6.45) is 2.39. The van der Waals surface area contributed by atoms with Crippen LogP contribution in [0, 0.1) is 5.92 Å². The van der Waals surface area contributed by atoms with E-state index in [2.05, 4.69) is 31.1 Å². The van der Waals surface area contributed by atoms with Crippen LogP contribution in [0.1, 0.15) is 27.2 Å². The zero-order chi connectivity index (χ0) is 13.2. The van der Waals surface area contributed by atoms with E-state index in [1.54, 1.807) is 0 Å². The van der Waals surface area contributed by atoms with E-state index in [9.17, 15) is 8.42 Å².